The molecule has 6 aliphatic rings. The molecule has 4 atom stereocenters. The summed E-state index contributed by atoms with van der Waals surface area (Å²) >= 11 is 0. The van der Waals surface area contributed by atoms with Gasteiger partial charge < -0.3 is 28.4 Å². The summed E-state index contributed by atoms with van der Waals surface area (Å²) in [4.78, 5) is 63.7. The molecule has 0 saturated carbocycles. The minimum absolute atomic E-state index is 0.00461. The zero-order valence-corrected chi connectivity index (χ0v) is 44.8. The third kappa shape index (κ3) is 13.1. The molecule has 6 aliphatic heterocycles. The van der Waals surface area contributed by atoms with Crippen molar-refractivity contribution in [3.8, 4) is 22.3 Å². The van der Waals surface area contributed by atoms with Gasteiger partial charge in [-0.05, 0) is 113 Å². The minimum atomic E-state index is -0.911. The Balaban J connectivity index is 0.000000197. The fraction of sp³-hybridized carbons (Fsp3) is 0.525. The topological polar surface area (TPSA) is 156 Å². The summed E-state index contributed by atoms with van der Waals surface area (Å²) in [5, 5.41) is 0. The Morgan fingerprint density at radius 2 is 1.23 bits per heavy atom. The molecule has 0 aliphatic carbocycles. The van der Waals surface area contributed by atoms with Gasteiger partial charge in [0, 0.05) is 60.3 Å². The second-order valence-corrected chi connectivity index (χ2v) is 22.1. The third-order valence-corrected chi connectivity index (χ3v) is 13.9. The second kappa shape index (κ2) is 23.6. The summed E-state index contributed by atoms with van der Waals surface area (Å²) in [7, 11) is 0. The van der Waals surface area contributed by atoms with Crippen LogP contribution in [0.15, 0.2) is 54.6 Å². The molecule has 14 nitrogen and oxygen atoms in total. The van der Waals surface area contributed by atoms with Crippen LogP contribution in [0.1, 0.15) is 164 Å². The number of rotatable bonds is 9. The Bertz CT molecular complexity index is 2740. The van der Waals surface area contributed by atoms with Crippen molar-refractivity contribution >= 4 is 41.8 Å². The molecule has 2 aromatic heterocycles. The maximum atomic E-state index is 14.1. The first-order valence-electron chi connectivity index (χ1n) is 26.5. The molecule has 75 heavy (non-hydrogen) atoms. The average Bonchev–Trinajstić information content (AvgIpc) is 4.09. The molecule has 2 aromatic carbocycles. The number of carbonyl (C=O) groups excluding carboxylic acids is 4. The molecule has 4 aromatic rings. The Labute approximate surface area is 439 Å². The normalized spacial score (nSPS) is 22.1. The molecule has 8 heterocycles. The van der Waals surface area contributed by atoms with E-state index in [2.05, 4.69) is 13.8 Å². The van der Waals surface area contributed by atoms with Gasteiger partial charge in [-0.15, -0.1) is 0 Å². The number of ether oxygens (including phenoxy) is 6. The smallest absolute Gasteiger partial charge is 0.308 e. The average molecular weight is 1040 g/mol. The van der Waals surface area contributed by atoms with E-state index >= 15 is 0 Å². The number of hydrogen-bond donors (Lipinski definition) is 0. The van der Waals surface area contributed by atoms with Crippen molar-refractivity contribution in [2.24, 2.45) is 0 Å². The van der Waals surface area contributed by atoms with E-state index in [4.69, 9.17) is 38.4 Å². The van der Waals surface area contributed by atoms with Crippen LogP contribution in [0.25, 0.3) is 28.3 Å². The van der Waals surface area contributed by atoms with Gasteiger partial charge in [-0.1, -0.05) is 64.1 Å². The van der Waals surface area contributed by atoms with Gasteiger partial charge in [0.05, 0.1) is 68.5 Å². The van der Waals surface area contributed by atoms with Gasteiger partial charge in [0.2, 0.25) is 11.8 Å². The number of amides is 2. The van der Waals surface area contributed by atoms with Crippen molar-refractivity contribution in [1.29, 1.82) is 0 Å². The van der Waals surface area contributed by atoms with Gasteiger partial charge in [-0.25, -0.2) is 18.7 Å². The maximum Gasteiger partial charge on any atom is 0.308 e. The van der Waals surface area contributed by atoms with E-state index in [-0.39, 0.29) is 85.2 Å². The van der Waals surface area contributed by atoms with Crippen molar-refractivity contribution in [3.63, 3.8) is 0 Å². The van der Waals surface area contributed by atoms with E-state index in [1.807, 2.05) is 60.6 Å². The van der Waals surface area contributed by atoms with E-state index in [9.17, 15) is 28.0 Å². The van der Waals surface area contributed by atoms with Crippen molar-refractivity contribution in [2.75, 3.05) is 36.2 Å². The van der Waals surface area contributed by atoms with Crippen LogP contribution in [0.2, 0.25) is 0 Å². The van der Waals surface area contributed by atoms with E-state index in [0.717, 1.165) is 60.3 Å². The number of aldehydes is 1. The van der Waals surface area contributed by atoms with Crippen LogP contribution in [0, 0.1) is 11.6 Å². The summed E-state index contributed by atoms with van der Waals surface area (Å²) in [5.41, 5.74) is 6.82. The SMILES string of the molecule is C1CCOC1.CC(C)c1nc2c(c(-c3ccc(F)cc3)c1/C=C/[C@@H]1C[C@H](CC(=O)OC(C)(C)C)OC(C)(C)O1)COC[C@H]1CCC(=O)N21.CC(C)c1nc2c(c(-c3ccc(F)cc3)c1C=O)COC[C@H]1CCC(=O)N21. The third-order valence-electron chi connectivity index (χ3n) is 13.9. The van der Waals surface area contributed by atoms with E-state index in [0.29, 0.717) is 72.1 Å². The van der Waals surface area contributed by atoms with Crippen LogP contribution in [-0.2, 0) is 56.0 Å². The maximum absolute atomic E-state index is 14.1. The highest BCUT2D eigenvalue weighted by molar-refractivity contribution is 6.00. The number of hydrogen-bond acceptors (Lipinski definition) is 12. The molecule has 16 heteroatoms. The number of pyridine rings is 2. The molecular weight excluding hydrogens is 963 g/mol. The lowest BCUT2D eigenvalue weighted by molar-refractivity contribution is -0.290. The second-order valence-electron chi connectivity index (χ2n) is 22.1. The molecule has 0 radical (unpaired) electrons. The van der Waals surface area contributed by atoms with Crippen LogP contribution < -0.4 is 9.80 Å². The predicted molar refractivity (Wildman–Crippen MR) is 281 cm³/mol. The van der Waals surface area contributed by atoms with Gasteiger partial charge in [0.15, 0.2) is 12.1 Å². The zero-order valence-electron chi connectivity index (χ0n) is 44.8. The number of aromatic nitrogens is 2. The lowest BCUT2D eigenvalue weighted by atomic mass is 9.89. The standard InChI is InChI=1S/C34H43FN2O6.C21H21FN2O3.C4H8O/c1-20(2)31-26(14-13-24-16-25(42-34(6,7)41-24)17-29(39)43-33(3,4)5)30(21-8-10-22(35)11-9-21)27-19-40-18-23-12-15-28(38)37(23)32(27)36-31;1-12(2)20-16(9-25)19(13-3-5-14(22)6-4-13)17-11-27-10-15-7-8-18(26)24(15)21(17)23-20;1-2-4-5-3-1/h8-11,13-14,20,23-25H,12,15-19H2,1-7H3;3-6,9,12,15H,7-8,10-11H2,1-2H3;1-4H2/b14-13+;;/t23-,24-,25-;15-;/m11./s1. The summed E-state index contributed by atoms with van der Waals surface area (Å²) in [5.74, 6) is -0.605. The van der Waals surface area contributed by atoms with Gasteiger partial charge in [-0.2, -0.15) is 0 Å². The largest absolute Gasteiger partial charge is 0.460 e. The minimum Gasteiger partial charge on any atom is -0.460 e. The first-order valence-corrected chi connectivity index (χ1v) is 26.5. The fourth-order valence-corrected chi connectivity index (χ4v) is 10.7. The highest BCUT2D eigenvalue weighted by Gasteiger charge is 2.41. The molecule has 4 saturated heterocycles. The van der Waals surface area contributed by atoms with Crippen molar-refractivity contribution in [3.05, 3.63) is 99.9 Å². The summed E-state index contributed by atoms with van der Waals surface area (Å²) in [6.45, 7) is 20.7. The number of esters is 1. The molecule has 0 spiro atoms. The zero-order chi connectivity index (χ0) is 53.8. The number of halogens is 2. The van der Waals surface area contributed by atoms with Crippen LogP contribution >= 0.6 is 0 Å². The van der Waals surface area contributed by atoms with Crippen LogP contribution in [0.4, 0.5) is 20.4 Å². The number of nitrogens with zero attached hydrogens (tertiary/aromatic N) is 4. The lowest BCUT2D eigenvalue weighted by Crippen LogP contribution is -2.45. The highest BCUT2D eigenvalue weighted by Crippen LogP contribution is 2.44. The van der Waals surface area contributed by atoms with Gasteiger partial charge in [0.1, 0.15) is 28.9 Å². The van der Waals surface area contributed by atoms with Crippen molar-refractivity contribution < 1.29 is 56.4 Å². The Kier molecular flexibility index (Phi) is 17.5. The van der Waals surface area contributed by atoms with Gasteiger partial charge in [-0.3, -0.25) is 29.0 Å². The summed E-state index contributed by atoms with van der Waals surface area (Å²) in [6.07, 6.45) is 9.59. The predicted octanol–water partition coefficient (Wildman–Crippen LogP) is 11.3. The molecule has 4 fully saturated rings. The van der Waals surface area contributed by atoms with Crippen molar-refractivity contribution in [1.82, 2.24) is 9.97 Å². The number of fused-ring (bicyclic) bond motifs is 6. The Hall–Kier alpha value is -5.78. The van der Waals surface area contributed by atoms with Gasteiger partial charge >= 0.3 is 5.97 Å². The van der Waals surface area contributed by atoms with Crippen LogP contribution in [0.3, 0.4) is 0 Å². The lowest BCUT2D eigenvalue weighted by Gasteiger charge is -2.40. The number of benzene rings is 2. The number of anilines is 2. The molecule has 10 rings (SSSR count). The molecule has 0 bridgehead atoms. The first kappa shape index (κ1) is 55.5. The van der Waals surface area contributed by atoms with E-state index in [1.165, 1.54) is 37.1 Å². The molecular formula is C59H72F2N4O10. The van der Waals surface area contributed by atoms with Gasteiger partial charge in [0.25, 0.3) is 0 Å². The fourth-order valence-electron chi connectivity index (χ4n) is 10.7. The van der Waals surface area contributed by atoms with E-state index < -0.39 is 11.4 Å². The Morgan fingerprint density at radius 3 is 1.67 bits per heavy atom. The van der Waals surface area contributed by atoms with Crippen molar-refractivity contribution in [2.45, 2.75) is 174 Å². The summed E-state index contributed by atoms with van der Waals surface area (Å²) in [6, 6.07) is 12.3. The molecule has 0 N–H and O–H groups in total. The number of carbonyl (C=O) groups is 4. The molecule has 2 amide bonds. The highest BCUT2D eigenvalue weighted by atomic mass is 19.1. The monoisotopic (exact) mass is 1030 g/mol. The quantitative estimate of drug-likeness (QED) is 0.116. The molecule has 0 unspecified atom stereocenters. The summed E-state index contributed by atoms with van der Waals surface area (Å²) < 4.78 is 62.3. The van der Waals surface area contributed by atoms with E-state index in [1.54, 1.807) is 34.1 Å². The Morgan fingerprint density at radius 1 is 0.747 bits per heavy atom. The molecule has 402 valence electrons. The first-order chi connectivity index (χ1) is 35.7. The van der Waals surface area contributed by atoms with Crippen LogP contribution in [0.5, 0.6) is 0 Å². The van der Waals surface area contributed by atoms with Crippen LogP contribution in [-0.4, -0.2) is 96.1 Å².